The van der Waals surface area contributed by atoms with Crippen LogP contribution < -0.4 is 4.90 Å². The third kappa shape index (κ3) is 2.66. The van der Waals surface area contributed by atoms with Gasteiger partial charge in [-0.25, -0.2) is 15.0 Å². The zero-order chi connectivity index (χ0) is 14.1. The van der Waals surface area contributed by atoms with Crippen molar-refractivity contribution < 1.29 is 0 Å². The third-order valence-corrected chi connectivity index (χ3v) is 4.49. The third-order valence-electron chi connectivity index (χ3n) is 3.59. The van der Waals surface area contributed by atoms with Gasteiger partial charge in [0.05, 0.1) is 17.2 Å². The molecular weight excluding hydrogens is 270 g/mol. The first kappa shape index (κ1) is 13.5. The average molecular weight is 289 g/mol. The molecule has 5 nitrogen and oxygen atoms in total. The summed E-state index contributed by atoms with van der Waals surface area (Å²) in [5.41, 5.74) is 2.46. The summed E-state index contributed by atoms with van der Waals surface area (Å²) in [7, 11) is 4.23. The van der Waals surface area contributed by atoms with Gasteiger partial charge in [0, 0.05) is 43.2 Å². The van der Waals surface area contributed by atoms with Crippen LogP contribution in [-0.4, -0.2) is 40.5 Å². The molecule has 2 aromatic rings. The fraction of sp³-hybridized carbons (Fsp3) is 0.500. The molecule has 0 aliphatic carbocycles. The second-order valence-corrected chi connectivity index (χ2v) is 6.63. The Morgan fingerprint density at radius 1 is 1.35 bits per heavy atom. The molecule has 0 atom stereocenters. The number of anilines is 1. The highest BCUT2D eigenvalue weighted by Gasteiger charge is 2.20. The van der Waals surface area contributed by atoms with Gasteiger partial charge in [0.25, 0.3) is 0 Å². The first-order chi connectivity index (χ1) is 9.63. The van der Waals surface area contributed by atoms with Gasteiger partial charge in [-0.15, -0.1) is 11.3 Å². The molecule has 0 fully saturated rings. The summed E-state index contributed by atoms with van der Waals surface area (Å²) in [6.07, 6.45) is 4.65. The zero-order valence-corrected chi connectivity index (χ0v) is 12.9. The first-order valence-corrected chi connectivity index (χ1v) is 7.59. The van der Waals surface area contributed by atoms with Crippen LogP contribution in [0.1, 0.15) is 21.1 Å². The minimum absolute atomic E-state index is 0.846. The van der Waals surface area contributed by atoms with E-state index in [0.29, 0.717) is 0 Å². The topological polar surface area (TPSA) is 45.2 Å². The van der Waals surface area contributed by atoms with Crippen LogP contribution in [0, 0.1) is 6.92 Å². The largest absolute Gasteiger partial charge is 0.354 e. The van der Waals surface area contributed by atoms with Gasteiger partial charge in [-0.3, -0.25) is 0 Å². The number of hydrogen-bond donors (Lipinski definition) is 0. The lowest BCUT2D eigenvalue weighted by atomic mass is 10.1. The van der Waals surface area contributed by atoms with Gasteiger partial charge in [0.1, 0.15) is 12.1 Å². The minimum Gasteiger partial charge on any atom is -0.354 e. The van der Waals surface area contributed by atoms with Crippen LogP contribution in [0.25, 0.3) is 0 Å². The van der Waals surface area contributed by atoms with Crippen LogP contribution >= 0.6 is 11.3 Å². The molecule has 1 aliphatic rings. The maximum atomic E-state index is 4.50. The van der Waals surface area contributed by atoms with E-state index in [-0.39, 0.29) is 0 Å². The van der Waals surface area contributed by atoms with Gasteiger partial charge in [-0.1, -0.05) is 0 Å². The molecule has 3 rings (SSSR count). The van der Waals surface area contributed by atoms with E-state index in [1.807, 2.05) is 13.1 Å². The fourth-order valence-corrected chi connectivity index (χ4v) is 3.43. The number of aromatic nitrogens is 3. The summed E-state index contributed by atoms with van der Waals surface area (Å²) in [6.45, 7) is 4.88. The van der Waals surface area contributed by atoms with E-state index in [4.69, 9.17) is 0 Å². The molecule has 0 amide bonds. The van der Waals surface area contributed by atoms with Crippen LogP contribution in [0.15, 0.2) is 12.5 Å². The molecule has 106 valence electrons. The van der Waals surface area contributed by atoms with E-state index >= 15 is 0 Å². The van der Waals surface area contributed by atoms with Gasteiger partial charge in [-0.05, 0) is 14.0 Å². The lowest BCUT2D eigenvalue weighted by molar-refractivity contribution is 0.309. The molecule has 0 spiro atoms. The van der Waals surface area contributed by atoms with Crippen LogP contribution in [0.2, 0.25) is 0 Å². The van der Waals surface area contributed by atoms with Crippen molar-refractivity contribution in [1.29, 1.82) is 0 Å². The highest BCUT2D eigenvalue weighted by Crippen LogP contribution is 2.26. The molecule has 0 saturated heterocycles. The van der Waals surface area contributed by atoms with E-state index in [1.165, 1.54) is 16.1 Å². The lowest BCUT2D eigenvalue weighted by Gasteiger charge is -2.28. The molecule has 3 heterocycles. The normalized spacial score (nSPS) is 15.2. The standard InChI is InChI=1S/C14H19N5S/c1-10-15-6-11(20-10)7-19(3)14-12-8-18(2)5-4-13(12)16-9-17-14/h6,9H,4-5,7-8H2,1-3H3. The van der Waals surface area contributed by atoms with Crippen molar-refractivity contribution in [3.8, 4) is 0 Å². The average Bonchev–Trinajstić information content (AvgIpc) is 2.83. The van der Waals surface area contributed by atoms with E-state index in [0.717, 1.165) is 36.9 Å². The van der Waals surface area contributed by atoms with Crippen molar-refractivity contribution >= 4 is 17.2 Å². The smallest absolute Gasteiger partial charge is 0.136 e. The Morgan fingerprint density at radius 3 is 2.95 bits per heavy atom. The molecule has 0 unspecified atom stereocenters. The highest BCUT2D eigenvalue weighted by atomic mass is 32.1. The Kier molecular flexibility index (Phi) is 3.67. The van der Waals surface area contributed by atoms with Gasteiger partial charge in [0.15, 0.2) is 0 Å². The second-order valence-electron chi connectivity index (χ2n) is 5.31. The van der Waals surface area contributed by atoms with Crippen molar-refractivity contribution in [2.75, 3.05) is 25.5 Å². The first-order valence-electron chi connectivity index (χ1n) is 6.77. The van der Waals surface area contributed by atoms with Crippen LogP contribution in [0.4, 0.5) is 5.82 Å². The van der Waals surface area contributed by atoms with E-state index in [1.54, 1.807) is 17.7 Å². The quantitative estimate of drug-likeness (QED) is 0.863. The van der Waals surface area contributed by atoms with Crippen molar-refractivity contribution in [1.82, 2.24) is 19.9 Å². The summed E-state index contributed by atoms with van der Waals surface area (Å²) in [5, 5.41) is 1.11. The summed E-state index contributed by atoms with van der Waals surface area (Å²) in [4.78, 5) is 19.0. The summed E-state index contributed by atoms with van der Waals surface area (Å²) in [5.74, 6) is 1.05. The predicted octanol–water partition coefficient (Wildman–Crippen LogP) is 1.87. The van der Waals surface area contributed by atoms with Crippen molar-refractivity contribution in [2.45, 2.75) is 26.4 Å². The van der Waals surface area contributed by atoms with E-state index in [2.05, 4.69) is 38.8 Å². The molecule has 0 radical (unpaired) electrons. The molecule has 0 saturated carbocycles. The highest BCUT2D eigenvalue weighted by molar-refractivity contribution is 7.11. The zero-order valence-electron chi connectivity index (χ0n) is 12.1. The molecule has 2 aromatic heterocycles. The molecule has 1 aliphatic heterocycles. The van der Waals surface area contributed by atoms with Crippen LogP contribution in [0.3, 0.4) is 0 Å². The van der Waals surface area contributed by atoms with Gasteiger partial charge >= 0.3 is 0 Å². The van der Waals surface area contributed by atoms with Gasteiger partial charge < -0.3 is 9.80 Å². The number of likely N-dealkylation sites (N-methyl/N-ethyl adjacent to an activating group) is 1. The molecular formula is C14H19N5S. The van der Waals surface area contributed by atoms with E-state index < -0.39 is 0 Å². The minimum atomic E-state index is 0.846. The van der Waals surface area contributed by atoms with E-state index in [9.17, 15) is 0 Å². The second kappa shape index (κ2) is 5.46. The Morgan fingerprint density at radius 2 is 2.20 bits per heavy atom. The fourth-order valence-electron chi connectivity index (χ4n) is 2.58. The maximum absolute atomic E-state index is 4.50. The lowest BCUT2D eigenvalue weighted by Crippen LogP contribution is -2.30. The molecule has 0 bridgehead atoms. The van der Waals surface area contributed by atoms with Crippen molar-refractivity contribution in [3.05, 3.63) is 33.7 Å². The summed E-state index contributed by atoms with van der Waals surface area (Å²) in [6, 6.07) is 0. The number of aryl methyl sites for hydroxylation is 1. The SMILES string of the molecule is Cc1ncc(CN(C)c2ncnc3c2CN(C)CC3)s1. The summed E-state index contributed by atoms with van der Waals surface area (Å²) >= 11 is 1.74. The Balaban J connectivity index is 1.86. The maximum Gasteiger partial charge on any atom is 0.136 e. The van der Waals surface area contributed by atoms with Crippen molar-refractivity contribution in [2.24, 2.45) is 0 Å². The van der Waals surface area contributed by atoms with Crippen LogP contribution in [0.5, 0.6) is 0 Å². The monoisotopic (exact) mass is 289 g/mol. The Hall–Kier alpha value is -1.53. The number of nitrogens with zero attached hydrogens (tertiary/aromatic N) is 5. The number of thiazole rings is 1. The molecule has 0 N–H and O–H groups in total. The number of hydrogen-bond acceptors (Lipinski definition) is 6. The summed E-state index contributed by atoms with van der Waals surface area (Å²) < 4.78 is 0. The van der Waals surface area contributed by atoms with Crippen molar-refractivity contribution in [3.63, 3.8) is 0 Å². The Bertz CT molecular complexity index is 609. The number of rotatable bonds is 3. The predicted molar refractivity (Wildman–Crippen MR) is 81.0 cm³/mol. The number of fused-ring (bicyclic) bond motifs is 1. The molecule has 20 heavy (non-hydrogen) atoms. The molecule has 0 aromatic carbocycles. The molecule has 6 heteroatoms. The Labute approximate surface area is 123 Å². The van der Waals surface area contributed by atoms with Gasteiger partial charge in [0.2, 0.25) is 0 Å². The van der Waals surface area contributed by atoms with Gasteiger partial charge in [-0.2, -0.15) is 0 Å². The van der Waals surface area contributed by atoms with Crippen LogP contribution in [-0.2, 0) is 19.5 Å².